The Morgan fingerprint density at radius 2 is 1.22 bits per heavy atom. The van der Waals surface area contributed by atoms with Crippen LogP contribution in [0, 0.1) is 18.8 Å². The first-order chi connectivity index (χ1) is 46.9. The molecule has 7 nitrogen and oxygen atoms in total. The fraction of sp³-hybridized carbons (Fsp3) is 0.200. The van der Waals surface area contributed by atoms with Crippen LogP contribution in [0.5, 0.6) is 11.5 Å². The van der Waals surface area contributed by atoms with Crippen LogP contribution in [0.3, 0.4) is 0 Å². The van der Waals surface area contributed by atoms with Crippen LogP contribution in [0.4, 0.5) is 17.1 Å². The summed E-state index contributed by atoms with van der Waals surface area (Å²) in [5.41, 5.74) is 10.7. The largest absolute Gasteiger partial charge is 0.509 e. The topological polar surface area (TPSA) is 40.0 Å². The summed E-state index contributed by atoms with van der Waals surface area (Å²) in [5.74, 6) is 5.05. The van der Waals surface area contributed by atoms with Crippen LogP contribution in [0.1, 0.15) is 134 Å². The minimum atomic E-state index is -3.13. The minimum absolute atomic E-state index is 0. The van der Waals surface area contributed by atoms with E-state index in [4.69, 9.17) is 20.7 Å². The average molecular weight is 1360 g/mol. The van der Waals surface area contributed by atoms with Crippen LogP contribution < -0.4 is 14.5 Å². The van der Waals surface area contributed by atoms with Crippen molar-refractivity contribution in [3.63, 3.8) is 0 Å². The Labute approximate surface area is 562 Å². The molecule has 0 N–H and O–H groups in total. The number of pyridine rings is 1. The zero-order chi connectivity index (χ0) is 70.0. The van der Waals surface area contributed by atoms with Crippen LogP contribution in [0.2, 0.25) is 0 Å². The first-order valence-corrected chi connectivity index (χ1v) is 30.5. The molecule has 7 heterocycles. The normalized spacial score (nSPS) is 17.3. The van der Waals surface area contributed by atoms with Crippen LogP contribution in [-0.4, -0.2) is 32.9 Å². The monoisotopic (exact) mass is 1360 g/mol. The third-order valence-corrected chi connectivity index (χ3v) is 17.6. The maximum atomic E-state index is 9.46. The van der Waals surface area contributed by atoms with Crippen LogP contribution >= 0.6 is 0 Å². The third-order valence-electron chi connectivity index (χ3n) is 17.6. The van der Waals surface area contributed by atoms with E-state index in [0.29, 0.717) is 23.4 Å². The summed E-state index contributed by atoms with van der Waals surface area (Å²) in [5, 5.41) is 0.525. The number of anilines is 3. The van der Waals surface area contributed by atoms with Gasteiger partial charge < -0.3 is 28.7 Å². The van der Waals surface area contributed by atoms with E-state index < -0.39 is 37.2 Å². The SMILES string of the molecule is [2H]c1c([2H])c([2H])c2c(c1[2H])c1ccc(Oc3[c-]c(N4[CH-]N(Cc5c(C6=CC=CN7C=CC=CB67)cc(C(C)(C)C)cc5C5=CC=CN6C=CC=CB56)c5ccccc54)cc(-c4c(C(C)(C)C)cccc4C(C)(C)C)c3)[c-]c1n2-c1cc(C(c2ccccc2)(C([2H])([2H])[2H])C([2H])([2H])[2H])ccn1.[Pt]. The van der Waals surface area contributed by atoms with Gasteiger partial charge in [-0.15, -0.1) is 47.0 Å². The second kappa shape index (κ2) is 23.2. The van der Waals surface area contributed by atoms with Crippen molar-refractivity contribution < 1.29 is 39.5 Å². The van der Waals surface area contributed by atoms with Gasteiger partial charge in [0.05, 0.1) is 5.48 Å². The Morgan fingerprint density at radius 1 is 0.589 bits per heavy atom. The maximum Gasteiger partial charge on any atom is 0.320 e. The molecular formula is C80H75B2N6OPt-3. The number of nitrogens with zero attached hydrogens (tertiary/aromatic N) is 6. The van der Waals surface area contributed by atoms with Gasteiger partial charge in [-0.2, -0.15) is 12.7 Å². The molecular weight excluding hydrogens is 1280 g/mol. The Balaban J connectivity index is 0.00000896. The molecule has 7 aromatic carbocycles. The summed E-state index contributed by atoms with van der Waals surface area (Å²) in [6.45, 7) is 16.5. The summed E-state index contributed by atoms with van der Waals surface area (Å²) in [6.07, 6.45) is 27.1. The van der Waals surface area contributed by atoms with Gasteiger partial charge in [0, 0.05) is 75.8 Å². The Hall–Kier alpha value is -8.77. The van der Waals surface area contributed by atoms with E-state index >= 15 is 0 Å². The van der Waals surface area contributed by atoms with Crippen LogP contribution in [-0.2, 0) is 49.3 Å². The number of aromatic nitrogens is 2. The molecule has 0 unspecified atom stereocenters. The molecule has 0 radical (unpaired) electrons. The van der Waals surface area contributed by atoms with E-state index in [2.05, 4.69) is 247 Å². The van der Waals surface area contributed by atoms with Gasteiger partial charge in [0.1, 0.15) is 5.82 Å². The molecule has 5 aliphatic rings. The van der Waals surface area contributed by atoms with Crippen LogP contribution in [0.15, 0.2) is 237 Å². The van der Waals surface area contributed by atoms with E-state index in [9.17, 15) is 2.74 Å². The molecule has 0 amide bonds. The predicted molar refractivity (Wildman–Crippen MR) is 374 cm³/mol. The number of hydrogen-bond donors (Lipinski definition) is 0. The zero-order valence-electron chi connectivity index (χ0n) is 62.1. The molecule has 0 fully saturated rings. The molecule has 0 saturated carbocycles. The van der Waals surface area contributed by atoms with Crippen molar-refractivity contribution in [3.8, 4) is 28.4 Å². The van der Waals surface area contributed by atoms with Crippen molar-refractivity contribution in [2.75, 3.05) is 9.80 Å². The van der Waals surface area contributed by atoms with Gasteiger partial charge in [0.15, 0.2) is 0 Å². The van der Waals surface area contributed by atoms with Crippen molar-refractivity contribution >= 4 is 63.5 Å². The maximum absolute atomic E-state index is 9.46. The zero-order valence-corrected chi connectivity index (χ0v) is 54.3. The van der Waals surface area contributed by atoms with E-state index in [1.807, 2.05) is 6.07 Å². The predicted octanol–water partition coefficient (Wildman–Crippen LogP) is 19.5. The van der Waals surface area contributed by atoms with E-state index in [1.54, 1.807) is 30.3 Å². The third kappa shape index (κ3) is 11.0. The molecule has 0 saturated heterocycles. The van der Waals surface area contributed by atoms with Crippen molar-refractivity contribution in [3.05, 3.63) is 300 Å². The van der Waals surface area contributed by atoms with Gasteiger partial charge >= 0.3 is 13.7 Å². The molecule has 5 aliphatic heterocycles. The fourth-order valence-corrected chi connectivity index (χ4v) is 13.1. The number of fused-ring (bicyclic) bond motifs is 6. The van der Waals surface area contributed by atoms with Gasteiger partial charge in [0.2, 0.25) is 0 Å². The molecule has 0 bridgehead atoms. The molecule has 450 valence electrons. The number of benzene rings is 7. The van der Waals surface area contributed by atoms with Crippen molar-refractivity contribution in [1.29, 1.82) is 0 Å². The molecule has 2 aromatic heterocycles. The Kier molecular flexibility index (Phi) is 12.7. The number of ether oxygens (including phenoxy) is 1. The Morgan fingerprint density at radius 3 is 1.87 bits per heavy atom. The van der Waals surface area contributed by atoms with Gasteiger partial charge in [-0.3, -0.25) is 0 Å². The van der Waals surface area contributed by atoms with E-state index in [1.165, 1.54) is 57.1 Å². The molecule has 0 atom stereocenters. The second-order valence-corrected chi connectivity index (χ2v) is 26.7. The Bertz CT molecular complexity index is 4920. The summed E-state index contributed by atoms with van der Waals surface area (Å²) in [4.78, 5) is 13.8. The molecule has 0 aliphatic carbocycles. The molecule has 14 rings (SSSR count). The summed E-state index contributed by atoms with van der Waals surface area (Å²) in [7, 11) is 0. The molecule has 90 heavy (non-hydrogen) atoms. The fourth-order valence-electron chi connectivity index (χ4n) is 13.1. The van der Waals surface area contributed by atoms with Crippen LogP contribution in [0.25, 0.3) is 49.7 Å². The van der Waals surface area contributed by atoms with Crippen molar-refractivity contribution in [1.82, 2.24) is 19.2 Å². The summed E-state index contributed by atoms with van der Waals surface area (Å²) >= 11 is 0. The average Bonchev–Trinajstić information content (AvgIpc) is 1.19. The second-order valence-electron chi connectivity index (χ2n) is 26.7. The summed E-state index contributed by atoms with van der Waals surface area (Å²) < 4.78 is 99.3. The first kappa shape index (κ1) is 49.1. The number of rotatable bonds is 11. The molecule has 0 spiro atoms. The quantitative estimate of drug-likeness (QED) is 0.0949. The van der Waals surface area contributed by atoms with Gasteiger partial charge in [-0.05, 0) is 162 Å². The minimum Gasteiger partial charge on any atom is -0.509 e. The first-order valence-electron chi connectivity index (χ1n) is 35.5. The molecule has 9 aromatic rings. The smallest absolute Gasteiger partial charge is 0.320 e. The molecule has 10 heteroatoms. The van der Waals surface area contributed by atoms with Crippen molar-refractivity contribution in [2.45, 2.75) is 104 Å². The van der Waals surface area contributed by atoms with E-state index in [0.717, 1.165) is 44.8 Å². The van der Waals surface area contributed by atoms with Gasteiger partial charge in [-0.1, -0.05) is 209 Å². The summed E-state index contributed by atoms with van der Waals surface area (Å²) in [6, 6.07) is 43.6. The number of para-hydroxylation sites is 3. The number of allylic oxidation sites excluding steroid dienone is 8. The number of hydrogen-bond acceptors (Lipinski definition) is 6. The van der Waals surface area contributed by atoms with E-state index in [-0.39, 0.29) is 96.2 Å². The van der Waals surface area contributed by atoms with Crippen molar-refractivity contribution in [2.24, 2.45) is 0 Å². The van der Waals surface area contributed by atoms with Gasteiger partial charge in [0.25, 0.3) is 0 Å². The standard InChI is InChI=1S/C80H75B2N6O.Pt/c1-77(2,3)58-48-64(69-31-24-44-85-42-21-19-39-81(69)85)66(65(49-58)70-32-25-45-86-43-22-20-40-82(70)86)53-84-54-87(73-35-18-17-34-72(73)84)59-46-55(76-67(78(4,5)6)29-23-30-68(76)79(7,8)9)47-61(51-59)89-60-36-37-63-62-28-15-16-33-71(62)88(74(63)52-60)75-50-57(38-41-83-75)80(10,11)56-26-13-12-14-27-56;/h12-50,54H,53H2,1-11H3;/q-3;/i10D3,11D3,15D,16D,28D,33D;. The van der Waals surface area contributed by atoms with Gasteiger partial charge in [-0.25, -0.2) is 4.98 Å².